The van der Waals surface area contributed by atoms with Gasteiger partial charge in [0, 0.05) is 20.3 Å². The molecule has 17 heavy (non-hydrogen) atoms. The van der Waals surface area contributed by atoms with E-state index < -0.39 is 16.1 Å². The SMILES string of the molecule is CC(C(N)=NO)N(C)S(=O)(=O)c1cn(C)cn1. The third-order valence-electron chi connectivity index (χ3n) is 2.41. The maximum absolute atomic E-state index is 12.1. The second-order valence-corrected chi connectivity index (χ2v) is 5.54. The van der Waals surface area contributed by atoms with Crippen LogP contribution < -0.4 is 5.73 Å². The molecule has 8 nitrogen and oxygen atoms in total. The Morgan fingerprint density at radius 1 is 1.71 bits per heavy atom. The van der Waals surface area contributed by atoms with Crippen LogP contribution in [0.15, 0.2) is 22.7 Å². The highest BCUT2D eigenvalue weighted by atomic mass is 32.2. The van der Waals surface area contributed by atoms with E-state index in [1.807, 2.05) is 0 Å². The third-order valence-corrected chi connectivity index (χ3v) is 4.23. The molecule has 0 radical (unpaired) electrons. The van der Waals surface area contributed by atoms with E-state index in [1.54, 1.807) is 7.05 Å². The Balaban J connectivity index is 3.07. The van der Waals surface area contributed by atoms with Crippen LogP contribution in [0.3, 0.4) is 0 Å². The molecule has 0 saturated carbocycles. The Morgan fingerprint density at radius 3 is 2.71 bits per heavy atom. The van der Waals surface area contributed by atoms with Crippen LogP contribution in [0, 0.1) is 0 Å². The largest absolute Gasteiger partial charge is 0.409 e. The number of sulfonamides is 1. The predicted molar refractivity (Wildman–Crippen MR) is 61.0 cm³/mol. The molecule has 0 aromatic carbocycles. The molecular weight excluding hydrogens is 246 g/mol. The third kappa shape index (κ3) is 2.56. The van der Waals surface area contributed by atoms with Crippen molar-refractivity contribution in [1.82, 2.24) is 13.9 Å². The molecule has 0 aliphatic carbocycles. The Kier molecular flexibility index (Phi) is 3.73. The summed E-state index contributed by atoms with van der Waals surface area (Å²) in [5, 5.41) is 11.2. The van der Waals surface area contributed by atoms with Gasteiger partial charge in [-0.15, -0.1) is 0 Å². The van der Waals surface area contributed by atoms with Crippen LogP contribution >= 0.6 is 0 Å². The lowest BCUT2D eigenvalue weighted by Gasteiger charge is -2.21. The van der Waals surface area contributed by atoms with Gasteiger partial charge in [0.25, 0.3) is 10.0 Å². The van der Waals surface area contributed by atoms with E-state index in [-0.39, 0.29) is 10.9 Å². The number of nitrogens with two attached hydrogens (primary N) is 1. The molecule has 1 atom stereocenters. The lowest BCUT2D eigenvalue weighted by Crippen LogP contribution is -2.43. The molecule has 0 amide bonds. The molecule has 0 saturated heterocycles. The molecule has 96 valence electrons. The number of hydrogen-bond donors (Lipinski definition) is 2. The minimum atomic E-state index is -3.74. The van der Waals surface area contributed by atoms with Gasteiger partial charge in [-0.3, -0.25) is 0 Å². The van der Waals surface area contributed by atoms with E-state index in [4.69, 9.17) is 10.9 Å². The van der Waals surface area contributed by atoms with Crippen molar-refractivity contribution in [3.63, 3.8) is 0 Å². The van der Waals surface area contributed by atoms with Crippen molar-refractivity contribution in [2.24, 2.45) is 17.9 Å². The van der Waals surface area contributed by atoms with Crippen molar-refractivity contribution >= 4 is 15.9 Å². The van der Waals surface area contributed by atoms with Crippen molar-refractivity contribution in [3.8, 4) is 0 Å². The van der Waals surface area contributed by atoms with Gasteiger partial charge in [0.2, 0.25) is 0 Å². The van der Waals surface area contributed by atoms with Crippen LogP contribution in [0.25, 0.3) is 0 Å². The minimum absolute atomic E-state index is 0.0833. The molecule has 1 heterocycles. The number of amidine groups is 1. The number of oxime groups is 1. The summed E-state index contributed by atoms with van der Waals surface area (Å²) in [6.07, 6.45) is 2.76. The van der Waals surface area contributed by atoms with E-state index >= 15 is 0 Å². The highest BCUT2D eigenvalue weighted by Crippen LogP contribution is 2.13. The number of likely N-dealkylation sites (N-methyl/N-ethyl adjacent to an activating group) is 1. The van der Waals surface area contributed by atoms with Crippen LogP contribution in [0.1, 0.15) is 6.92 Å². The molecule has 3 N–H and O–H groups in total. The van der Waals surface area contributed by atoms with Gasteiger partial charge in [0.1, 0.15) is 0 Å². The summed E-state index contributed by atoms with van der Waals surface area (Å²) < 4.78 is 26.6. The molecule has 9 heteroatoms. The predicted octanol–water partition coefficient (Wildman–Crippen LogP) is -0.824. The molecule has 1 rings (SSSR count). The van der Waals surface area contributed by atoms with E-state index in [0.29, 0.717) is 0 Å². The van der Waals surface area contributed by atoms with Crippen molar-refractivity contribution in [3.05, 3.63) is 12.5 Å². The lowest BCUT2D eigenvalue weighted by atomic mass is 10.3. The van der Waals surface area contributed by atoms with Crippen molar-refractivity contribution < 1.29 is 13.6 Å². The Hall–Kier alpha value is -1.61. The van der Waals surface area contributed by atoms with Gasteiger partial charge in [-0.2, -0.15) is 4.31 Å². The number of nitrogens with zero attached hydrogens (tertiary/aromatic N) is 4. The molecule has 0 aliphatic heterocycles. The molecule has 1 aromatic rings. The molecular formula is C8H15N5O3S. The maximum atomic E-state index is 12.1. The average Bonchev–Trinajstić information content (AvgIpc) is 2.73. The summed E-state index contributed by atoms with van der Waals surface area (Å²) in [6.45, 7) is 1.51. The number of rotatable bonds is 4. The molecule has 1 unspecified atom stereocenters. The molecule has 1 aromatic heterocycles. The summed E-state index contributed by atoms with van der Waals surface area (Å²) >= 11 is 0. The van der Waals surface area contributed by atoms with Crippen LogP contribution in [0.2, 0.25) is 0 Å². The van der Waals surface area contributed by atoms with Crippen molar-refractivity contribution in [2.75, 3.05) is 7.05 Å². The molecule has 0 aliphatic rings. The lowest BCUT2D eigenvalue weighted by molar-refractivity contribution is 0.311. The highest BCUT2D eigenvalue weighted by Gasteiger charge is 2.29. The maximum Gasteiger partial charge on any atom is 0.262 e. The fourth-order valence-corrected chi connectivity index (χ4v) is 2.45. The first-order chi connectivity index (χ1) is 7.80. The van der Waals surface area contributed by atoms with Crippen LogP contribution in [0.5, 0.6) is 0 Å². The summed E-state index contributed by atoms with van der Waals surface area (Å²) in [4.78, 5) is 3.77. The second-order valence-electron chi connectivity index (χ2n) is 3.60. The highest BCUT2D eigenvalue weighted by molar-refractivity contribution is 7.89. The van der Waals surface area contributed by atoms with E-state index in [9.17, 15) is 8.42 Å². The standard InChI is InChI=1S/C8H15N5O3S/c1-6(8(9)11-14)13(3)17(15,16)7-4-12(2)5-10-7/h4-6,14H,1-3H3,(H2,9,11). The van der Waals surface area contributed by atoms with E-state index in [1.165, 1.54) is 31.1 Å². The summed E-state index contributed by atoms with van der Waals surface area (Å²) in [5.74, 6) is -0.188. The topological polar surface area (TPSA) is 114 Å². The monoisotopic (exact) mass is 261 g/mol. The number of aromatic nitrogens is 2. The van der Waals surface area contributed by atoms with Gasteiger partial charge in [0.15, 0.2) is 10.9 Å². The van der Waals surface area contributed by atoms with Gasteiger partial charge < -0.3 is 15.5 Å². The van der Waals surface area contributed by atoms with Gasteiger partial charge in [-0.1, -0.05) is 5.16 Å². The average molecular weight is 261 g/mol. The summed E-state index contributed by atoms with van der Waals surface area (Å²) in [5.41, 5.74) is 5.37. The van der Waals surface area contributed by atoms with Gasteiger partial charge in [-0.25, -0.2) is 13.4 Å². The Labute approximate surface area is 99.4 Å². The zero-order chi connectivity index (χ0) is 13.2. The first-order valence-corrected chi connectivity index (χ1v) is 6.18. The zero-order valence-electron chi connectivity index (χ0n) is 9.77. The van der Waals surface area contributed by atoms with E-state index in [2.05, 4.69) is 10.1 Å². The molecule has 0 spiro atoms. The van der Waals surface area contributed by atoms with Crippen molar-refractivity contribution in [1.29, 1.82) is 0 Å². The summed E-state index contributed by atoms with van der Waals surface area (Å²) in [7, 11) is -0.737. The van der Waals surface area contributed by atoms with Gasteiger partial charge >= 0.3 is 0 Å². The van der Waals surface area contributed by atoms with Crippen LogP contribution in [0.4, 0.5) is 0 Å². The van der Waals surface area contributed by atoms with Crippen molar-refractivity contribution in [2.45, 2.75) is 18.0 Å². The number of hydrogen-bond acceptors (Lipinski definition) is 5. The first kappa shape index (κ1) is 13.5. The minimum Gasteiger partial charge on any atom is -0.409 e. The van der Waals surface area contributed by atoms with Gasteiger partial charge in [-0.05, 0) is 6.92 Å². The van der Waals surface area contributed by atoms with Crippen LogP contribution in [-0.4, -0.2) is 46.4 Å². The number of imidazole rings is 1. The van der Waals surface area contributed by atoms with Gasteiger partial charge in [0.05, 0.1) is 12.4 Å². The number of aryl methyl sites for hydroxylation is 1. The van der Waals surface area contributed by atoms with Crippen LogP contribution in [-0.2, 0) is 17.1 Å². The smallest absolute Gasteiger partial charge is 0.262 e. The molecule has 0 fully saturated rings. The van der Waals surface area contributed by atoms with E-state index in [0.717, 1.165) is 4.31 Å². The normalized spacial score (nSPS) is 15.2. The zero-order valence-corrected chi connectivity index (χ0v) is 10.6. The second kappa shape index (κ2) is 4.72. The fourth-order valence-electron chi connectivity index (χ4n) is 1.15. The Morgan fingerprint density at radius 2 is 2.29 bits per heavy atom. The first-order valence-electron chi connectivity index (χ1n) is 4.74. The summed E-state index contributed by atoms with van der Waals surface area (Å²) in [6, 6.07) is -0.757. The fraction of sp³-hybridized carbons (Fsp3) is 0.500. The molecule has 0 bridgehead atoms. The quantitative estimate of drug-likeness (QED) is 0.318. The Bertz CT molecular complexity index is 521.